The Hall–Kier alpha value is -1.92. The van der Waals surface area contributed by atoms with Crippen molar-refractivity contribution in [1.29, 1.82) is 0 Å². The number of aromatic nitrogens is 1. The molecular formula is C18H23N3O2S. The van der Waals surface area contributed by atoms with Crippen molar-refractivity contribution in [3.05, 3.63) is 56.6 Å². The molecule has 1 saturated heterocycles. The summed E-state index contributed by atoms with van der Waals surface area (Å²) in [6.07, 6.45) is 0.366. The van der Waals surface area contributed by atoms with Crippen LogP contribution in [-0.4, -0.2) is 47.0 Å². The van der Waals surface area contributed by atoms with E-state index in [1.165, 1.54) is 16.9 Å². The Balaban J connectivity index is 1.73. The van der Waals surface area contributed by atoms with Gasteiger partial charge in [-0.15, -0.1) is 0 Å². The molecule has 1 aliphatic heterocycles. The Kier molecular flexibility index (Phi) is 5.16. The summed E-state index contributed by atoms with van der Waals surface area (Å²) in [7, 11) is 2.09. The normalized spacial score (nSPS) is 18.8. The summed E-state index contributed by atoms with van der Waals surface area (Å²) >= 11 is 1.19. The molecule has 1 aliphatic rings. The molecule has 1 atom stereocenters. The average Bonchev–Trinajstić information content (AvgIpc) is 2.91. The van der Waals surface area contributed by atoms with E-state index in [0.717, 1.165) is 25.3 Å². The molecular weight excluding hydrogens is 322 g/mol. The largest absolute Gasteiger partial charge is 0.333 e. The van der Waals surface area contributed by atoms with Crippen molar-refractivity contribution in [2.24, 2.45) is 0 Å². The van der Waals surface area contributed by atoms with E-state index in [1.54, 1.807) is 4.57 Å². The fraction of sp³-hybridized carbons (Fsp3) is 0.444. The maximum absolute atomic E-state index is 12.8. The van der Waals surface area contributed by atoms with Crippen molar-refractivity contribution >= 4 is 17.2 Å². The highest BCUT2D eigenvalue weighted by Gasteiger charge is 2.29. The van der Waals surface area contributed by atoms with Gasteiger partial charge in [0.1, 0.15) is 0 Å². The van der Waals surface area contributed by atoms with Gasteiger partial charge < -0.3 is 14.4 Å². The van der Waals surface area contributed by atoms with E-state index in [2.05, 4.69) is 24.1 Å². The highest BCUT2D eigenvalue weighted by Crippen LogP contribution is 2.25. The minimum absolute atomic E-state index is 0.0123. The third kappa shape index (κ3) is 3.60. The first-order valence-corrected chi connectivity index (χ1v) is 9.12. The molecule has 3 rings (SSSR count). The van der Waals surface area contributed by atoms with Crippen LogP contribution >= 0.6 is 11.3 Å². The number of amides is 1. The lowest BCUT2D eigenvalue weighted by molar-refractivity contribution is -0.136. The fourth-order valence-electron chi connectivity index (χ4n) is 3.20. The minimum atomic E-state index is 0.0123. The van der Waals surface area contributed by atoms with Crippen LogP contribution in [0.3, 0.4) is 0 Å². The predicted molar refractivity (Wildman–Crippen MR) is 96.3 cm³/mol. The lowest BCUT2D eigenvalue weighted by Crippen LogP contribution is -2.49. The van der Waals surface area contributed by atoms with Crippen molar-refractivity contribution in [2.45, 2.75) is 25.9 Å². The summed E-state index contributed by atoms with van der Waals surface area (Å²) in [5.41, 5.74) is 2.09. The summed E-state index contributed by atoms with van der Waals surface area (Å²) in [5, 5.41) is 1.84. The Morgan fingerprint density at radius 2 is 2.00 bits per heavy atom. The zero-order chi connectivity index (χ0) is 17.1. The Labute approximate surface area is 146 Å². The number of carbonyl (C=O) groups is 1. The lowest BCUT2D eigenvalue weighted by Gasteiger charge is -2.40. The molecule has 1 aromatic carbocycles. The molecule has 0 N–H and O–H groups in total. The first-order valence-electron chi connectivity index (χ1n) is 8.24. The van der Waals surface area contributed by atoms with E-state index >= 15 is 0 Å². The molecule has 0 bridgehead atoms. The molecule has 0 radical (unpaired) electrons. The second-order valence-corrected chi connectivity index (χ2v) is 7.14. The molecule has 5 nitrogen and oxygen atoms in total. The summed E-state index contributed by atoms with van der Waals surface area (Å²) in [4.78, 5) is 28.9. The Bertz CT molecular complexity index is 753. The van der Waals surface area contributed by atoms with Gasteiger partial charge in [0.2, 0.25) is 5.91 Å². The summed E-state index contributed by atoms with van der Waals surface area (Å²) in [6, 6.07) is 10.3. The van der Waals surface area contributed by atoms with Crippen molar-refractivity contribution < 1.29 is 4.79 Å². The van der Waals surface area contributed by atoms with Crippen LogP contribution in [0.4, 0.5) is 0 Å². The third-order valence-corrected chi connectivity index (χ3v) is 5.49. The summed E-state index contributed by atoms with van der Waals surface area (Å²) in [5.74, 6) is 0.120. The highest BCUT2D eigenvalue weighted by molar-refractivity contribution is 7.07. The SMILES string of the molecule is Cc1csc(=O)n1CCC(=O)N1CCN(C)CC1c1ccccc1. The van der Waals surface area contributed by atoms with Crippen LogP contribution < -0.4 is 4.87 Å². The number of nitrogens with zero attached hydrogens (tertiary/aromatic N) is 3. The molecule has 2 aromatic rings. The van der Waals surface area contributed by atoms with E-state index < -0.39 is 0 Å². The summed E-state index contributed by atoms with van der Waals surface area (Å²) in [6.45, 7) is 4.82. The van der Waals surface area contributed by atoms with Crippen molar-refractivity contribution in [2.75, 3.05) is 26.7 Å². The zero-order valence-electron chi connectivity index (χ0n) is 14.1. The monoisotopic (exact) mass is 345 g/mol. The number of thiazole rings is 1. The van der Waals surface area contributed by atoms with Crippen LogP contribution in [0.2, 0.25) is 0 Å². The minimum Gasteiger partial charge on any atom is -0.333 e. The Morgan fingerprint density at radius 3 is 2.67 bits per heavy atom. The maximum atomic E-state index is 12.8. The van der Waals surface area contributed by atoms with Gasteiger partial charge >= 0.3 is 4.87 Å². The van der Waals surface area contributed by atoms with Gasteiger partial charge in [-0.25, -0.2) is 0 Å². The number of aryl methyl sites for hydroxylation is 1. The van der Waals surface area contributed by atoms with Crippen LogP contribution in [0, 0.1) is 6.92 Å². The van der Waals surface area contributed by atoms with Gasteiger partial charge in [0.05, 0.1) is 6.04 Å². The number of likely N-dealkylation sites (N-methyl/N-ethyl adjacent to an activating group) is 1. The van der Waals surface area contributed by atoms with Gasteiger partial charge in [-0.2, -0.15) is 0 Å². The highest BCUT2D eigenvalue weighted by atomic mass is 32.1. The molecule has 6 heteroatoms. The molecule has 24 heavy (non-hydrogen) atoms. The molecule has 2 heterocycles. The number of hydrogen-bond acceptors (Lipinski definition) is 4. The van der Waals surface area contributed by atoms with E-state index in [-0.39, 0.29) is 16.8 Å². The molecule has 1 fully saturated rings. The number of rotatable bonds is 4. The molecule has 1 aromatic heterocycles. The molecule has 0 aliphatic carbocycles. The second-order valence-electron chi connectivity index (χ2n) is 6.32. The molecule has 0 saturated carbocycles. The number of benzene rings is 1. The zero-order valence-corrected chi connectivity index (χ0v) is 15.0. The van der Waals surface area contributed by atoms with Crippen LogP contribution in [0.15, 0.2) is 40.5 Å². The smallest absolute Gasteiger partial charge is 0.307 e. The number of carbonyl (C=O) groups excluding carboxylic acids is 1. The van der Waals surface area contributed by atoms with E-state index in [4.69, 9.17) is 0 Å². The lowest BCUT2D eigenvalue weighted by atomic mass is 10.0. The first-order chi connectivity index (χ1) is 11.6. The van der Waals surface area contributed by atoms with Gasteiger partial charge in [0, 0.05) is 43.7 Å². The van der Waals surface area contributed by atoms with Gasteiger partial charge in [-0.05, 0) is 19.5 Å². The first kappa shape index (κ1) is 16.9. The number of hydrogen-bond donors (Lipinski definition) is 0. The summed E-state index contributed by atoms with van der Waals surface area (Å²) < 4.78 is 1.69. The topological polar surface area (TPSA) is 45.6 Å². The molecule has 128 valence electrons. The quantitative estimate of drug-likeness (QED) is 0.853. The average molecular weight is 345 g/mol. The maximum Gasteiger partial charge on any atom is 0.307 e. The number of piperazine rings is 1. The van der Waals surface area contributed by atoms with Gasteiger partial charge in [0.25, 0.3) is 0 Å². The van der Waals surface area contributed by atoms with Gasteiger partial charge in [-0.1, -0.05) is 41.7 Å². The molecule has 1 unspecified atom stereocenters. The standard InChI is InChI=1S/C18H23N3O2S/c1-14-13-24-18(23)20(14)9-8-17(22)21-11-10-19(2)12-16(21)15-6-4-3-5-7-15/h3-7,13,16H,8-12H2,1-2H3. The van der Waals surface area contributed by atoms with Crippen LogP contribution in [-0.2, 0) is 11.3 Å². The van der Waals surface area contributed by atoms with Crippen LogP contribution in [0.1, 0.15) is 23.7 Å². The molecule has 1 amide bonds. The van der Waals surface area contributed by atoms with E-state index in [0.29, 0.717) is 13.0 Å². The predicted octanol–water partition coefficient (Wildman–Crippen LogP) is 2.12. The van der Waals surface area contributed by atoms with Crippen LogP contribution in [0.5, 0.6) is 0 Å². The van der Waals surface area contributed by atoms with Crippen molar-refractivity contribution in [3.8, 4) is 0 Å². The van der Waals surface area contributed by atoms with E-state index in [1.807, 2.05) is 35.4 Å². The van der Waals surface area contributed by atoms with Gasteiger partial charge in [-0.3, -0.25) is 9.59 Å². The molecule has 0 spiro atoms. The fourth-order valence-corrected chi connectivity index (χ4v) is 3.97. The van der Waals surface area contributed by atoms with Crippen LogP contribution in [0.25, 0.3) is 0 Å². The van der Waals surface area contributed by atoms with Crippen molar-refractivity contribution in [1.82, 2.24) is 14.4 Å². The Morgan fingerprint density at radius 1 is 1.25 bits per heavy atom. The van der Waals surface area contributed by atoms with E-state index in [9.17, 15) is 9.59 Å². The third-order valence-electron chi connectivity index (χ3n) is 4.61. The second kappa shape index (κ2) is 7.32. The van der Waals surface area contributed by atoms with Crippen molar-refractivity contribution in [3.63, 3.8) is 0 Å². The van der Waals surface area contributed by atoms with Gasteiger partial charge in [0.15, 0.2) is 0 Å².